The molecule has 0 saturated carbocycles. The lowest BCUT2D eigenvalue weighted by molar-refractivity contribution is -0.151. The number of ether oxygens (including phenoxy) is 1. The highest BCUT2D eigenvalue weighted by molar-refractivity contribution is 8.00. The van der Waals surface area contributed by atoms with Crippen LogP contribution in [-0.4, -0.2) is 29.1 Å². The van der Waals surface area contributed by atoms with Crippen LogP contribution in [0.5, 0.6) is 0 Å². The predicted octanol–water partition coefficient (Wildman–Crippen LogP) is 1.80. The van der Waals surface area contributed by atoms with Crippen molar-refractivity contribution in [2.45, 2.75) is 45.0 Å². The van der Waals surface area contributed by atoms with E-state index in [0.29, 0.717) is 17.5 Å². The van der Waals surface area contributed by atoms with Crippen LogP contribution in [0.25, 0.3) is 0 Å². The van der Waals surface area contributed by atoms with Gasteiger partial charge in [-0.1, -0.05) is 6.92 Å². The second-order valence-corrected chi connectivity index (χ2v) is 5.71. The Bertz CT molecular complexity index is 177. The van der Waals surface area contributed by atoms with Gasteiger partial charge in [0, 0.05) is 5.25 Å². The molecule has 0 aliphatic rings. The largest absolute Gasteiger partial charge is 0.459 e. The van der Waals surface area contributed by atoms with Crippen LogP contribution in [0.15, 0.2) is 0 Å². The summed E-state index contributed by atoms with van der Waals surface area (Å²) in [5.74, 6) is 0.268. The highest BCUT2D eigenvalue weighted by Gasteiger charge is 2.16. The molecule has 0 fully saturated rings. The van der Waals surface area contributed by atoms with E-state index < -0.39 is 0 Å². The van der Waals surface area contributed by atoms with E-state index in [4.69, 9.17) is 10.5 Å². The molecule has 0 radical (unpaired) electrons. The first-order valence-corrected chi connectivity index (χ1v) is 5.93. The van der Waals surface area contributed by atoms with Crippen LogP contribution < -0.4 is 5.73 Å². The fourth-order valence-corrected chi connectivity index (χ4v) is 1.68. The van der Waals surface area contributed by atoms with Crippen molar-refractivity contribution in [3.63, 3.8) is 0 Å². The monoisotopic (exact) mass is 219 g/mol. The predicted molar refractivity (Wildman–Crippen MR) is 61.4 cm³/mol. The fraction of sp³-hybridized carbons (Fsp3) is 0.900. The third-order valence-corrected chi connectivity index (χ3v) is 2.69. The van der Waals surface area contributed by atoms with Crippen molar-refractivity contribution in [3.8, 4) is 0 Å². The average molecular weight is 219 g/mol. The third-order valence-electron chi connectivity index (χ3n) is 1.48. The molecule has 0 saturated heterocycles. The highest BCUT2D eigenvalue weighted by atomic mass is 32.2. The number of carbonyl (C=O) groups is 1. The van der Waals surface area contributed by atoms with Gasteiger partial charge in [-0.15, -0.1) is 11.8 Å². The molecule has 1 unspecified atom stereocenters. The van der Waals surface area contributed by atoms with E-state index in [0.717, 1.165) is 6.42 Å². The molecule has 0 bridgehead atoms. The van der Waals surface area contributed by atoms with Crippen molar-refractivity contribution in [2.75, 3.05) is 12.3 Å². The van der Waals surface area contributed by atoms with Crippen LogP contribution in [0, 0.1) is 0 Å². The molecule has 0 aliphatic heterocycles. The smallest absolute Gasteiger partial charge is 0.316 e. The van der Waals surface area contributed by atoms with Crippen molar-refractivity contribution in [2.24, 2.45) is 5.73 Å². The maximum absolute atomic E-state index is 11.3. The standard InChI is InChI=1S/C10H21NO2S/c1-8(5-6-11)14-7-9(12)13-10(2,3)4/h8H,5-7,11H2,1-4H3. The van der Waals surface area contributed by atoms with Gasteiger partial charge in [0.2, 0.25) is 0 Å². The molecule has 4 heteroatoms. The van der Waals surface area contributed by atoms with E-state index in [1.165, 1.54) is 0 Å². The summed E-state index contributed by atoms with van der Waals surface area (Å²) in [7, 11) is 0. The lowest BCUT2D eigenvalue weighted by Crippen LogP contribution is -2.25. The van der Waals surface area contributed by atoms with Gasteiger partial charge in [0.15, 0.2) is 0 Å². The summed E-state index contributed by atoms with van der Waals surface area (Å²) in [5, 5.41) is 0.424. The molecule has 0 aliphatic carbocycles. The molecule has 0 rings (SSSR count). The number of hydrogen-bond acceptors (Lipinski definition) is 4. The van der Waals surface area contributed by atoms with Gasteiger partial charge >= 0.3 is 5.97 Å². The van der Waals surface area contributed by atoms with Crippen LogP contribution in [0.2, 0.25) is 0 Å². The van der Waals surface area contributed by atoms with E-state index in [1.54, 1.807) is 11.8 Å². The number of thioether (sulfide) groups is 1. The summed E-state index contributed by atoms with van der Waals surface area (Å²) in [5.41, 5.74) is 5.03. The van der Waals surface area contributed by atoms with Gasteiger partial charge in [0.1, 0.15) is 5.60 Å². The maximum atomic E-state index is 11.3. The number of carbonyl (C=O) groups excluding carboxylic acids is 1. The summed E-state index contributed by atoms with van der Waals surface area (Å²) in [6.07, 6.45) is 0.938. The lowest BCUT2D eigenvalue weighted by atomic mass is 10.2. The fourth-order valence-electron chi connectivity index (χ4n) is 0.899. The topological polar surface area (TPSA) is 52.3 Å². The Hall–Kier alpha value is -0.220. The Labute approximate surface area is 90.8 Å². The normalized spacial score (nSPS) is 13.8. The van der Waals surface area contributed by atoms with Crippen LogP contribution in [0.4, 0.5) is 0 Å². The van der Waals surface area contributed by atoms with Gasteiger partial charge in [-0.2, -0.15) is 0 Å². The van der Waals surface area contributed by atoms with Crippen molar-refractivity contribution >= 4 is 17.7 Å². The average Bonchev–Trinajstić information content (AvgIpc) is 1.98. The molecule has 0 heterocycles. The van der Waals surface area contributed by atoms with Crippen LogP contribution in [0.1, 0.15) is 34.1 Å². The number of nitrogens with two attached hydrogens (primary N) is 1. The summed E-state index contributed by atoms with van der Waals surface area (Å²) in [4.78, 5) is 11.3. The van der Waals surface area contributed by atoms with E-state index in [-0.39, 0.29) is 11.6 Å². The van der Waals surface area contributed by atoms with Crippen LogP contribution in [-0.2, 0) is 9.53 Å². The van der Waals surface area contributed by atoms with Crippen LogP contribution in [0.3, 0.4) is 0 Å². The molecular formula is C10H21NO2S. The van der Waals surface area contributed by atoms with E-state index in [9.17, 15) is 4.79 Å². The number of hydrogen-bond donors (Lipinski definition) is 1. The quantitative estimate of drug-likeness (QED) is 0.716. The van der Waals surface area contributed by atoms with E-state index in [1.807, 2.05) is 20.8 Å². The minimum Gasteiger partial charge on any atom is -0.459 e. The molecule has 1 atom stereocenters. The first-order chi connectivity index (χ1) is 6.35. The molecule has 2 N–H and O–H groups in total. The Balaban J connectivity index is 3.64. The Morgan fingerprint density at radius 3 is 2.50 bits per heavy atom. The second kappa shape index (κ2) is 6.30. The molecular weight excluding hydrogens is 198 g/mol. The molecule has 3 nitrogen and oxygen atoms in total. The van der Waals surface area contributed by atoms with Gasteiger partial charge in [-0.25, -0.2) is 0 Å². The summed E-state index contributed by atoms with van der Waals surface area (Å²) < 4.78 is 5.18. The van der Waals surface area contributed by atoms with Crippen molar-refractivity contribution in [1.29, 1.82) is 0 Å². The number of esters is 1. The zero-order chi connectivity index (χ0) is 11.2. The zero-order valence-corrected chi connectivity index (χ0v) is 10.3. The zero-order valence-electron chi connectivity index (χ0n) is 9.50. The van der Waals surface area contributed by atoms with Gasteiger partial charge < -0.3 is 10.5 Å². The van der Waals surface area contributed by atoms with Gasteiger partial charge in [0.05, 0.1) is 5.75 Å². The first kappa shape index (κ1) is 13.8. The first-order valence-electron chi connectivity index (χ1n) is 4.88. The molecule has 84 valence electrons. The minimum atomic E-state index is -0.380. The Morgan fingerprint density at radius 1 is 1.50 bits per heavy atom. The van der Waals surface area contributed by atoms with Crippen LogP contribution >= 0.6 is 11.8 Å². The summed E-state index contributed by atoms with van der Waals surface area (Å²) in [6, 6.07) is 0. The molecule has 0 spiro atoms. The molecule has 0 aromatic carbocycles. The van der Waals surface area contributed by atoms with Gasteiger partial charge in [-0.3, -0.25) is 4.79 Å². The van der Waals surface area contributed by atoms with Crippen molar-refractivity contribution in [1.82, 2.24) is 0 Å². The summed E-state index contributed by atoms with van der Waals surface area (Å²) >= 11 is 1.60. The minimum absolute atomic E-state index is 0.147. The van der Waals surface area contributed by atoms with E-state index in [2.05, 4.69) is 6.92 Å². The molecule has 14 heavy (non-hydrogen) atoms. The third kappa shape index (κ3) is 8.38. The second-order valence-electron chi connectivity index (χ2n) is 4.29. The molecule has 0 aromatic rings. The summed E-state index contributed by atoms with van der Waals surface area (Å²) in [6.45, 7) is 8.36. The SMILES string of the molecule is CC(CCN)SCC(=O)OC(C)(C)C. The van der Waals surface area contributed by atoms with Crippen molar-refractivity contribution < 1.29 is 9.53 Å². The van der Waals surface area contributed by atoms with Gasteiger partial charge in [0.25, 0.3) is 0 Å². The Morgan fingerprint density at radius 2 is 2.07 bits per heavy atom. The Kier molecular flexibility index (Phi) is 6.20. The maximum Gasteiger partial charge on any atom is 0.316 e. The molecule has 0 aromatic heterocycles. The highest BCUT2D eigenvalue weighted by Crippen LogP contribution is 2.15. The molecule has 0 amide bonds. The number of rotatable bonds is 5. The van der Waals surface area contributed by atoms with Gasteiger partial charge in [-0.05, 0) is 33.7 Å². The van der Waals surface area contributed by atoms with E-state index >= 15 is 0 Å². The lowest BCUT2D eigenvalue weighted by Gasteiger charge is -2.19. The van der Waals surface area contributed by atoms with Crippen molar-refractivity contribution in [3.05, 3.63) is 0 Å².